The molecule has 2 nitrogen and oxygen atoms in total. The number of unbranched alkanes of at least 4 members (excludes halogenated alkanes) is 15. The van der Waals surface area contributed by atoms with Gasteiger partial charge in [0.05, 0.1) is 18.5 Å². The van der Waals surface area contributed by atoms with Gasteiger partial charge in [0.2, 0.25) is 0 Å². The van der Waals surface area contributed by atoms with E-state index in [9.17, 15) is 4.79 Å². The fourth-order valence-electron chi connectivity index (χ4n) is 4.29. The average Bonchev–Trinajstić information content (AvgIpc) is 2.75. The third-order valence-corrected chi connectivity index (χ3v) is 10.3. The van der Waals surface area contributed by atoms with Gasteiger partial charge in [0.1, 0.15) is 0 Å². The molecule has 0 unspecified atom stereocenters. The van der Waals surface area contributed by atoms with Crippen LogP contribution in [0.3, 0.4) is 0 Å². The molecule has 0 amide bonds. The Labute approximate surface area is 191 Å². The van der Waals surface area contributed by atoms with Crippen molar-refractivity contribution >= 4 is 13.5 Å². The van der Waals surface area contributed by atoms with Crippen molar-refractivity contribution < 1.29 is 9.32 Å². The van der Waals surface area contributed by atoms with Crippen molar-refractivity contribution in [1.82, 2.24) is 0 Å². The monoisotopic (exact) mass is 443 g/mol. The van der Waals surface area contributed by atoms with E-state index in [2.05, 4.69) is 20.8 Å². The second-order valence-corrected chi connectivity index (χ2v) is 13.0. The topological polar surface area (TPSA) is 26.3 Å². The molecular formula is C27H56O2P+. The summed E-state index contributed by atoms with van der Waals surface area (Å²) in [6.07, 6.45) is 28.0. The van der Waals surface area contributed by atoms with Crippen molar-refractivity contribution in [3.05, 3.63) is 0 Å². The van der Waals surface area contributed by atoms with Gasteiger partial charge in [-0.25, -0.2) is 4.79 Å². The van der Waals surface area contributed by atoms with E-state index < -0.39 is 7.49 Å². The zero-order valence-corrected chi connectivity index (χ0v) is 22.2. The normalized spacial score (nSPS) is 11.7. The minimum absolute atomic E-state index is 0.0614. The van der Waals surface area contributed by atoms with Crippen LogP contribution in [-0.4, -0.2) is 24.5 Å². The SMILES string of the molecule is CCCCCCCC[P+](CCCCCCCC)(CCCCCCCC)OC(=O)CC. The first kappa shape index (κ1) is 29.9. The number of carbonyl (C=O) groups is 1. The lowest BCUT2D eigenvalue weighted by atomic mass is 10.1. The van der Waals surface area contributed by atoms with Crippen molar-refractivity contribution in [2.45, 2.75) is 150 Å². The van der Waals surface area contributed by atoms with Crippen molar-refractivity contribution in [2.24, 2.45) is 0 Å². The summed E-state index contributed by atoms with van der Waals surface area (Å²) in [6.45, 7) is 8.79. The molecule has 0 atom stereocenters. The molecule has 0 N–H and O–H groups in total. The lowest BCUT2D eigenvalue weighted by Crippen LogP contribution is -2.16. The summed E-state index contributed by atoms with van der Waals surface area (Å²) >= 11 is 0. The average molecular weight is 444 g/mol. The maximum absolute atomic E-state index is 12.4. The van der Waals surface area contributed by atoms with Crippen molar-refractivity contribution in [2.75, 3.05) is 18.5 Å². The molecule has 30 heavy (non-hydrogen) atoms. The van der Waals surface area contributed by atoms with E-state index in [1.807, 2.05) is 6.92 Å². The summed E-state index contributed by atoms with van der Waals surface area (Å²) in [6, 6.07) is 0. The standard InChI is InChI=1S/C27H56O2P/c1-5-9-12-15-18-21-24-30(29-27(28)8-4,25-22-19-16-13-10-6-2)26-23-20-17-14-11-7-3/h5-26H2,1-4H3/q+1. The lowest BCUT2D eigenvalue weighted by Gasteiger charge is -2.26. The molecule has 0 radical (unpaired) electrons. The highest BCUT2D eigenvalue weighted by Crippen LogP contribution is 2.62. The van der Waals surface area contributed by atoms with E-state index in [0.29, 0.717) is 6.42 Å². The lowest BCUT2D eigenvalue weighted by molar-refractivity contribution is -0.133. The van der Waals surface area contributed by atoms with Crippen molar-refractivity contribution in [3.63, 3.8) is 0 Å². The van der Waals surface area contributed by atoms with E-state index >= 15 is 0 Å². The van der Waals surface area contributed by atoms with Gasteiger partial charge in [-0.05, 0) is 38.5 Å². The summed E-state index contributed by atoms with van der Waals surface area (Å²) in [5.74, 6) is 0.0614. The Morgan fingerprint density at radius 2 is 0.800 bits per heavy atom. The fraction of sp³-hybridized carbons (Fsp3) is 0.963. The summed E-state index contributed by atoms with van der Waals surface area (Å²) in [5.41, 5.74) is 0. The summed E-state index contributed by atoms with van der Waals surface area (Å²) < 4.78 is 6.34. The number of rotatable bonds is 23. The Hall–Kier alpha value is -0.100. The highest BCUT2D eigenvalue weighted by Gasteiger charge is 2.40. The molecule has 180 valence electrons. The predicted molar refractivity (Wildman–Crippen MR) is 138 cm³/mol. The summed E-state index contributed by atoms with van der Waals surface area (Å²) in [7, 11) is -1.59. The first-order valence-corrected chi connectivity index (χ1v) is 16.0. The van der Waals surface area contributed by atoms with Gasteiger partial charge >= 0.3 is 5.97 Å². The van der Waals surface area contributed by atoms with Gasteiger partial charge in [-0.2, -0.15) is 0 Å². The smallest absolute Gasteiger partial charge is 0.313 e. The molecule has 0 heterocycles. The zero-order chi connectivity index (χ0) is 22.3. The second kappa shape index (κ2) is 22.1. The molecule has 0 saturated carbocycles. The van der Waals surface area contributed by atoms with Crippen LogP contribution in [0.1, 0.15) is 150 Å². The van der Waals surface area contributed by atoms with E-state index in [0.717, 1.165) is 0 Å². The van der Waals surface area contributed by atoms with Crippen molar-refractivity contribution in [3.8, 4) is 0 Å². The van der Waals surface area contributed by atoms with Crippen LogP contribution in [0.15, 0.2) is 0 Å². The van der Waals surface area contributed by atoms with Gasteiger partial charge < -0.3 is 4.52 Å². The molecule has 0 saturated heterocycles. The van der Waals surface area contributed by atoms with E-state index in [4.69, 9.17) is 4.52 Å². The Morgan fingerprint density at radius 1 is 0.500 bits per heavy atom. The maximum Gasteiger partial charge on any atom is 0.349 e. The molecule has 0 aliphatic heterocycles. The summed E-state index contributed by atoms with van der Waals surface area (Å²) in [5, 5.41) is 0. The molecule has 0 spiro atoms. The van der Waals surface area contributed by atoms with Gasteiger partial charge in [0.25, 0.3) is 0 Å². The molecule has 0 rings (SSSR count). The Balaban J connectivity index is 4.72. The van der Waals surface area contributed by atoms with Crippen LogP contribution < -0.4 is 0 Å². The first-order chi connectivity index (χ1) is 14.6. The highest BCUT2D eigenvalue weighted by atomic mass is 31.2. The zero-order valence-electron chi connectivity index (χ0n) is 21.3. The molecule has 0 aromatic heterocycles. The molecule has 0 fully saturated rings. The van der Waals surface area contributed by atoms with E-state index in [1.165, 1.54) is 134 Å². The van der Waals surface area contributed by atoms with E-state index in [1.54, 1.807) is 0 Å². The van der Waals surface area contributed by atoms with Gasteiger partial charge in [-0.1, -0.05) is 105 Å². The minimum Gasteiger partial charge on any atom is -0.313 e. The Kier molecular flexibility index (Phi) is 22.0. The van der Waals surface area contributed by atoms with Crippen LogP contribution in [0.4, 0.5) is 0 Å². The molecule has 0 aromatic rings. The summed E-state index contributed by atoms with van der Waals surface area (Å²) in [4.78, 5) is 12.4. The molecule has 0 aromatic carbocycles. The van der Waals surface area contributed by atoms with Crippen LogP contribution >= 0.6 is 7.49 Å². The van der Waals surface area contributed by atoms with Gasteiger partial charge in [-0.3, -0.25) is 0 Å². The minimum atomic E-state index is -1.59. The van der Waals surface area contributed by atoms with Crippen LogP contribution in [0.25, 0.3) is 0 Å². The Morgan fingerprint density at radius 3 is 1.10 bits per heavy atom. The van der Waals surface area contributed by atoms with Gasteiger partial charge in [0.15, 0.2) is 7.49 Å². The third kappa shape index (κ3) is 17.6. The number of carbonyl (C=O) groups excluding carboxylic acids is 1. The Bertz CT molecular complexity index is 329. The van der Waals surface area contributed by atoms with Crippen LogP contribution in [0.2, 0.25) is 0 Å². The van der Waals surface area contributed by atoms with E-state index in [-0.39, 0.29) is 5.97 Å². The van der Waals surface area contributed by atoms with Crippen LogP contribution in [0, 0.1) is 0 Å². The highest BCUT2D eigenvalue weighted by molar-refractivity contribution is 7.71. The second-order valence-electron chi connectivity index (χ2n) is 9.35. The third-order valence-electron chi connectivity index (χ3n) is 6.34. The predicted octanol–water partition coefficient (Wildman–Crippen LogP) is 9.95. The van der Waals surface area contributed by atoms with Gasteiger partial charge in [0, 0.05) is 6.42 Å². The molecule has 0 aliphatic carbocycles. The number of hydrogen-bond acceptors (Lipinski definition) is 2. The first-order valence-electron chi connectivity index (χ1n) is 13.7. The molecule has 0 bridgehead atoms. The largest absolute Gasteiger partial charge is 0.349 e. The van der Waals surface area contributed by atoms with Crippen LogP contribution in [0.5, 0.6) is 0 Å². The number of hydrogen-bond donors (Lipinski definition) is 0. The van der Waals surface area contributed by atoms with Crippen molar-refractivity contribution in [1.29, 1.82) is 0 Å². The molecular weight excluding hydrogens is 387 g/mol. The molecule has 0 aliphatic rings. The van der Waals surface area contributed by atoms with Gasteiger partial charge in [-0.15, -0.1) is 0 Å². The van der Waals surface area contributed by atoms with Crippen LogP contribution in [-0.2, 0) is 9.32 Å². The molecule has 3 heteroatoms. The maximum atomic E-state index is 12.4. The fourth-order valence-corrected chi connectivity index (χ4v) is 8.20. The quantitative estimate of drug-likeness (QED) is 0.116.